The topological polar surface area (TPSA) is 101 Å². The molecule has 5 rings (SSSR count). The largest absolute Gasteiger partial charge is 0.466 e. The third-order valence-corrected chi connectivity index (χ3v) is 9.10. The number of likely N-dealkylation sites (tertiary alicyclic amines) is 1. The maximum Gasteiger partial charge on any atom is 0.417 e. The van der Waals surface area contributed by atoms with Crippen LogP contribution in [0, 0.1) is 5.92 Å². The van der Waals surface area contributed by atoms with Crippen LogP contribution in [0.15, 0.2) is 30.6 Å². The number of rotatable bonds is 8. The number of ether oxygens (including phenoxy) is 1. The van der Waals surface area contributed by atoms with Crippen molar-refractivity contribution >= 4 is 45.8 Å². The molecule has 0 aliphatic carbocycles. The fourth-order valence-corrected chi connectivity index (χ4v) is 6.64. The normalized spacial score (nSPS) is 18.2. The first kappa shape index (κ1) is 31.1. The number of aromatic nitrogens is 3. The second kappa shape index (κ2) is 13.1. The Kier molecular flexibility index (Phi) is 9.52. The summed E-state index contributed by atoms with van der Waals surface area (Å²) in [5, 5.41) is 2.60. The summed E-state index contributed by atoms with van der Waals surface area (Å²) in [6.07, 6.45) is 1.63. The molecule has 0 radical (unpaired) electrons. The second-order valence-electron chi connectivity index (χ2n) is 10.7. The number of carbonyl (C=O) groups excluding carboxylic acids is 2. The maximum atomic E-state index is 13.6. The van der Waals surface area contributed by atoms with Gasteiger partial charge in [-0.15, -0.1) is 0 Å². The third-order valence-electron chi connectivity index (χ3n) is 7.81. The Hall–Kier alpha value is -3.29. The number of halogens is 4. The molecule has 1 unspecified atom stereocenters. The molecule has 2 fully saturated rings. The van der Waals surface area contributed by atoms with Crippen LogP contribution in [-0.4, -0.2) is 64.0 Å². The number of amides is 1. The standard InChI is InChI=1S/C29H32ClF3N6O3S/c1-3-42-27(41)18-8-11-38(12-9-18)24-15-34-22(14-35-24)26(40)37-28-36-25(23(43-28)16-39-10-4-5-17(39)2)19-6-7-21(30)20(13-19)29(31,32)33/h6-7,13-15,17-18H,3-5,8-12,16H2,1-2H3,(H,36,37,40). The molecule has 14 heteroatoms. The zero-order valence-corrected chi connectivity index (χ0v) is 25.4. The van der Waals surface area contributed by atoms with Gasteiger partial charge in [0.05, 0.1) is 41.2 Å². The molecule has 0 bridgehead atoms. The lowest BCUT2D eigenvalue weighted by molar-refractivity contribution is -0.148. The van der Waals surface area contributed by atoms with E-state index in [1.807, 2.05) is 4.90 Å². The molecule has 1 atom stereocenters. The zero-order valence-electron chi connectivity index (χ0n) is 23.8. The molecule has 3 aromatic rings. The molecule has 230 valence electrons. The second-order valence-corrected chi connectivity index (χ2v) is 12.2. The molecule has 9 nitrogen and oxygen atoms in total. The summed E-state index contributed by atoms with van der Waals surface area (Å²) in [6.45, 7) is 6.86. The van der Waals surface area contributed by atoms with E-state index in [1.165, 1.54) is 35.9 Å². The number of nitrogens with zero attached hydrogens (tertiary/aromatic N) is 5. The number of hydrogen-bond donors (Lipinski definition) is 1. The van der Waals surface area contributed by atoms with Gasteiger partial charge < -0.3 is 9.64 Å². The molecular formula is C29H32ClF3N6O3S. The summed E-state index contributed by atoms with van der Waals surface area (Å²) in [7, 11) is 0. The number of anilines is 2. The van der Waals surface area contributed by atoms with E-state index in [2.05, 4.69) is 32.1 Å². The number of piperidine rings is 1. The fraction of sp³-hybridized carbons (Fsp3) is 0.483. The highest BCUT2D eigenvalue weighted by atomic mass is 35.5. The minimum atomic E-state index is -4.62. The summed E-state index contributed by atoms with van der Waals surface area (Å²) in [4.78, 5) is 43.3. The first-order chi connectivity index (χ1) is 20.5. The Morgan fingerprint density at radius 1 is 1.14 bits per heavy atom. The highest BCUT2D eigenvalue weighted by Gasteiger charge is 2.34. The summed E-state index contributed by atoms with van der Waals surface area (Å²) < 4.78 is 46.0. The van der Waals surface area contributed by atoms with Crippen molar-refractivity contribution < 1.29 is 27.5 Å². The van der Waals surface area contributed by atoms with Crippen LogP contribution in [0.5, 0.6) is 0 Å². The van der Waals surface area contributed by atoms with Crippen molar-refractivity contribution in [3.63, 3.8) is 0 Å². The molecule has 2 saturated heterocycles. The van der Waals surface area contributed by atoms with Gasteiger partial charge in [-0.2, -0.15) is 13.2 Å². The summed E-state index contributed by atoms with van der Waals surface area (Å²) >= 11 is 7.08. The number of hydrogen-bond acceptors (Lipinski definition) is 9. The Morgan fingerprint density at radius 2 is 1.91 bits per heavy atom. The van der Waals surface area contributed by atoms with Gasteiger partial charge in [0.1, 0.15) is 11.5 Å². The average Bonchev–Trinajstić information content (AvgIpc) is 3.58. The van der Waals surface area contributed by atoms with Gasteiger partial charge in [0.25, 0.3) is 5.91 Å². The minimum absolute atomic E-state index is 0.0717. The molecule has 4 heterocycles. The first-order valence-electron chi connectivity index (χ1n) is 14.2. The molecule has 2 aliphatic heterocycles. The Labute approximate surface area is 256 Å². The fourth-order valence-electron chi connectivity index (χ4n) is 5.41. The predicted octanol–water partition coefficient (Wildman–Crippen LogP) is 6.29. The minimum Gasteiger partial charge on any atom is -0.466 e. The smallest absolute Gasteiger partial charge is 0.417 e. The van der Waals surface area contributed by atoms with Crippen LogP contribution >= 0.6 is 22.9 Å². The monoisotopic (exact) mass is 636 g/mol. The number of carbonyl (C=O) groups is 2. The van der Waals surface area contributed by atoms with Crippen LogP contribution in [0.25, 0.3) is 11.3 Å². The van der Waals surface area contributed by atoms with Crippen LogP contribution in [0.2, 0.25) is 5.02 Å². The van der Waals surface area contributed by atoms with Gasteiger partial charge in [-0.25, -0.2) is 15.0 Å². The third kappa shape index (κ3) is 7.27. The first-order valence-corrected chi connectivity index (χ1v) is 15.4. The molecule has 43 heavy (non-hydrogen) atoms. The van der Waals surface area contributed by atoms with Crippen molar-refractivity contribution in [2.24, 2.45) is 5.92 Å². The Morgan fingerprint density at radius 3 is 2.53 bits per heavy atom. The number of thiazole rings is 1. The predicted molar refractivity (Wildman–Crippen MR) is 158 cm³/mol. The van der Waals surface area contributed by atoms with E-state index in [-0.39, 0.29) is 33.3 Å². The van der Waals surface area contributed by atoms with Gasteiger partial charge in [-0.05, 0) is 58.2 Å². The maximum absolute atomic E-state index is 13.6. The van der Waals surface area contributed by atoms with Crippen molar-refractivity contribution in [2.45, 2.75) is 58.3 Å². The molecule has 1 N–H and O–H groups in total. The van der Waals surface area contributed by atoms with Gasteiger partial charge in [-0.1, -0.05) is 29.0 Å². The Balaban J connectivity index is 1.32. The van der Waals surface area contributed by atoms with Crippen LogP contribution in [0.4, 0.5) is 24.1 Å². The molecule has 0 saturated carbocycles. The SMILES string of the molecule is CCOC(=O)C1CCN(c2cnc(C(=O)Nc3nc(-c4ccc(Cl)c(C(F)(F)F)c4)c(CN4CCCC4C)s3)cn2)CC1. The number of nitrogens with one attached hydrogen (secondary N) is 1. The van der Waals surface area contributed by atoms with Gasteiger partial charge in [0.2, 0.25) is 0 Å². The highest BCUT2D eigenvalue weighted by Crippen LogP contribution is 2.40. The van der Waals surface area contributed by atoms with Crippen molar-refractivity contribution in [3.8, 4) is 11.3 Å². The molecule has 1 aromatic carbocycles. The van der Waals surface area contributed by atoms with Crippen LogP contribution in [0.1, 0.15) is 60.5 Å². The van der Waals surface area contributed by atoms with Crippen LogP contribution in [0.3, 0.4) is 0 Å². The van der Waals surface area contributed by atoms with Gasteiger partial charge in [-0.3, -0.25) is 19.8 Å². The van der Waals surface area contributed by atoms with Gasteiger partial charge in [0, 0.05) is 36.1 Å². The van der Waals surface area contributed by atoms with Crippen molar-refractivity contribution in [2.75, 3.05) is 36.5 Å². The van der Waals surface area contributed by atoms with E-state index in [4.69, 9.17) is 16.3 Å². The molecular weight excluding hydrogens is 605 g/mol. The molecule has 2 aliphatic rings. The van der Waals surface area contributed by atoms with Crippen molar-refractivity contribution in [3.05, 3.63) is 51.7 Å². The van der Waals surface area contributed by atoms with Gasteiger partial charge >= 0.3 is 12.1 Å². The van der Waals surface area contributed by atoms with E-state index >= 15 is 0 Å². The average molecular weight is 637 g/mol. The van der Waals surface area contributed by atoms with E-state index in [9.17, 15) is 22.8 Å². The lowest BCUT2D eigenvalue weighted by Crippen LogP contribution is -2.37. The quantitative estimate of drug-likeness (QED) is 0.288. The zero-order chi connectivity index (χ0) is 30.7. The van der Waals surface area contributed by atoms with E-state index in [1.54, 1.807) is 6.92 Å². The molecule has 1 amide bonds. The van der Waals surface area contributed by atoms with E-state index in [0.29, 0.717) is 56.6 Å². The summed E-state index contributed by atoms with van der Waals surface area (Å²) in [6, 6.07) is 4.05. The van der Waals surface area contributed by atoms with Crippen molar-refractivity contribution in [1.82, 2.24) is 19.9 Å². The lowest BCUT2D eigenvalue weighted by atomic mass is 9.97. The van der Waals surface area contributed by atoms with Crippen molar-refractivity contribution in [1.29, 1.82) is 0 Å². The number of esters is 1. The highest BCUT2D eigenvalue weighted by molar-refractivity contribution is 7.16. The molecule has 2 aromatic heterocycles. The molecule has 0 spiro atoms. The van der Waals surface area contributed by atoms with Gasteiger partial charge in [0.15, 0.2) is 5.13 Å². The Bertz CT molecular complexity index is 1460. The number of alkyl halides is 3. The van der Waals surface area contributed by atoms with Crippen LogP contribution in [-0.2, 0) is 22.3 Å². The summed E-state index contributed by atoms with van der Waals surface area (Å²) in [5.41, 5.74) is -0.228. The van der Waals surface area contributed by atoms with E-state index < -0.39 is 17.6 Å². The summed E-state index contributed by atoms with van der Waals surface area (Å²) in [5.74, 6) is -0.251. The van der Waals surface area contributed by atoms with Crippen LogP contribution < -0.4 is 10.2 Å². The van der Waals surface area contributed by atoms with E-state index in [0.717, 1.165) is 30.3 Å². The lowest BCUT2D eigenvalue weighted by Gasteiger charge is -2.31. The number of benzene rings is 1.